The third-order valence-electron chi connectivity index (χ3n) is 3.49. The maximum absolute atomic E-state index is 12.6. The molecule has 3 aromatic carbocycles. The normalized spacial score (nSPS) is 11.4. The van der Waals surface area contributed by atoms with Gasteiger partial charge in [-0.25, -0.2) is 8.42 Å². The van der Waals surface area contributed by atoms with E-state index in [1.165, 1.54) is 12.1 Å². The van der Waals surface area contributed by atoms with Crippen LogP contribution in [0.3, 0.4) is 0 Å². The molecule has 0 atom stereocenters. The van der Waals surface area contributed by atoms with Crippen LogP contribution in [0.15, 0.2) is 87.5 Å². The van der Waals surface area contributed by atoms with Crippen molar-refractivity contribution < 1.29 is 8.42 Å². The van der Waals surface area contributed by atoms with E-state index in [4.69, 9.17) is 11.6 Å². The molecule has 5 heteroatoms. The summed E-state index contributed by atoms with van der Waals surface area (Å²) in [6.45, 7) is 0. The molecule has 0 aliphatic rings. The van der Waals surface area contributed by atoms with Crippen molar-refractivity contribution in [2.24, 2.45) is 0 Å². The molecule has 0 heterocycles. The monoisotopic (exact) mass is 360 g/mol. The van der Waals surface area contributed by atoms with E-state index >= 15 is 0 Å². The highest BCUT2D eigenvalue weighted by atomic mass is 35.5. The second-order valence-electron chi connectivity index (χ2n) is 5.03. The van der Waals surface area contributed by atoms with Crippen molar-refractivity contribution in [3.05, 3.63) is 77.8 Å². The summed E-state index contributed by atoms with van der Waals surface area (Å²) in [5, 5.41) is 0.506. The molecule has 0 radical (unpaired) electrons. The third-order valence-corrected chi connectivity index (χ3v) is 5.82. The summed E-state index contributed by atoms with van der Waals surface area (Å²) in [7, 11) is -3.53. The lowest BCUT2D eigenvalue weighted by Gasteiger charge is -2.07. The van der Waals surface area contributed by atoms with Crippen LogP contribution in [-0.2, 0) is 9.84 Å². The number of benzene rings is 3. The zero-order valence-electron chi connectivity index (χ0n) is 12.0. The Kier molecular flexibility index (Phi) is 4.48. The van der Waals surface area contributed by atoms with Gasteiger partial charge in [0, 0.05) is 9.92 Å². The molecule has 0 aromatic heterocycles. The summed E-state index contributed by atoms with van der Waals surface area (Å²) in [5.41, 5.74) is 1.96. The Bertz CT molecular complexity index is 914. The van der Waals surface area contributed by atoms with E-state index in [-0.39, 0.29) is 9.79 Å². The summed E-state index contributed by atoms with van der Waals surface area (Å²) >= 11 is 10.1. The van der Waals surface area contributed by atoms with E-state index in [0.717, 1.165) is 16.0 Å². The van der Waals surface area contributed by atoms with Gasteiger partial charge < -0.3 is 0 Å². The number of thiol groups is 1. The van der Waals surface area contributed by atoms with Gasteiger partial charge in [-0.3, -0.25) is 0 Å². The predicted molar refractivity (Wildman–Crippen MR) is 96.0 cm³/mol. The first kappa shape index (κ1) is 16.1. The topological polar surface area (TPSA) is 34.1 Å². The molecule has 0 aliphatic carbocycles. The van der Waals surface area contributed by atoms with Crippen LogP contribution in [0.1, 0.15) is 0 Å². The van der Waals surface area contributed by atoms with Gasteiger partial charge >= 0.3 is 0 Å². The van der Waals surface area contributed by atoms with Crippen molar-refractivity contribution in [3.8, 4) is 11.1 Å². The van der Waals surface area contributed by atoms with Crippen LogP contribution in [0.25, 0.3) is 11.1 Å². The number of sulfone groups is 1. The maximum Gasteiger partial charge on any atom is 0.206 e. The van der Waals surface area contributed by atoms with Crippen molar-refractivity contribution in [3.63, 3.8) is 0 Å². The van der Waals surface area contributed by atoms with Crippen molar-refractivity contribution in [1.82, 2.24) is 0 Å². The minimum absolute atomic E-state index is 0.231. The van der Waals surface area contributed by atoms with Crippen molar-refractivity contribution in [2.75, 3.05) is 0 Å². The molecule has 3 aromatic rings. The number of halogens is 1. The number of hydrogen-bond donors (Lipinski definition) is 1. The highest BCUT2D eigenvalue weighted by Crippen LogP contribution is 2.26. The molecule has 0 spiro atoms. The Morgan fingerprint density at radius 2 is 1.04 bits per heavy atom. The second kappa shape index (κ2) is 6.40. The minimum Gasteiger partial charge on any atom is -0.219 e. The zero-order valence-corrected chi connectivity index (χ0v) is 14.4. The highest BCUT2D eigenvalue weighted by Gasteiger charge is 2.17. The summed E-state index contributed by atoms with van der Waals surface area (Å²) < 4.78 is 25.2. The quantitative estimate of drug-likeness (QED) is 0.657. The van der Waals surface area contributed by atoms with Gasteiger partial charge in [-0.2, -0.15) is 0 Å². The van der Waals surface area contributed by atoms with E-state index in [1.54, 1.807) is 36.4 Å². The average Bonchev–Trinajstić information content (AvgIpc) is 2.56. The molecule has 0 amide bonds. The Morgan fingerprint density at radius 3 is 1.52 bits per heavy atom. The smallest absolute Gasteiger partial charge is 0.206 e. The van der Waals surface area contributed by atoms with Gasteiger partial charge in [-0.1, -0.05) is 35.9 Å². The molecule has 2 nitrogen and oxygen atoms in total. The van der Waals surface area contributed by atoms with Crippen LogP contribution in [-0.4, -0.2) is 8.42 Å². The number of hydrogen-bond acceptors (Lipinski definition) is 3. The lowest BCUT2D eigenvalue weighted by molar-refractivity contribution is 0.596. The summed E-state index contributed by atoms with van der Waals surface area (Å²) in [4.78, 5) is 1.37. The highest BCUT2D eigenvalue weighted by molar-refractivity contribution is 7.91. The van der Waals surface area contributed by atoms with Gasteiger partial charge in [0.25, 0.3) is 0 Å². The van der Waals surface area contributed by atoms with Gasteiger partial charge in [0.05, 0.1) is 9.79 Å². The van der Waals surface area contributed by atoms with Crippen LogP contribution in [0.2, 0.25) is 5.02 Å². The van der Waals surface area contributed by atoms with Crippen LogP contribution in [0.4, 0.5) is 0 Å². The van der Waals surface area contributed by atoms with Gasteiger partial charge in [-0.05, 0) is 59.7 Å². The molecule has 0 unspecified atom stereocenters. The summed E-state index contributed by atoms with van der Waals surface area (Å²) in [6.07, 6.45) is 0. The van der Waals surface area contributed by atoms with E-state index in [1.807, 2.05) is 24.3 Å². The SMILES string of the molecule is O=S(=O)(c1ccc(Cl)cc1)c1ccc(-c2ccc(S)cc2)cc1. The van der Waals surface area contributed by atoms with Crippen molar-refractivity contribution in [2.45, 2.75) is 14.7 Å². The molecule has 0 saturated heterocycles. The molecule has 23 heavy (non-hydrogen) atoms. The van der Waals surface area contributed by atoms with Crippen LogP contribution in [0, 0.1) is 0 Å². The van der Waals surface area contributed by atoms with Crippen LogP contribution in [0.5, 0.6) is 0 Å². The van der Waals surface area contributed by atoms with Crippen molar-refractivity contribution >= 4 is 34.1 Å². The number of rotatable bonds is 3. The fourth-order valence-corrected chi connectivity index (χ4v) is 3.77. The molecule has 116 valence electrons. The zero-order chi connectivity index (χ0) is 16.4. The third kappa shape index (κ3) is 3.44. The largest absolute Gasteiger partial charge is 0.219 e. The Balaban J connectivity index is 1.95. The van der Waals surface area contributed by atoms with E-state index in [9.17, 15) is 8.42 Å². The lowest BCUT2D eigenvalue weighted by Crippen LogP contribution is -2.01. The Hall–Kier alpha value is -1.75. The van der Waals surface area contributed by atoms with Gasteiger partial charge in [0.2, 0.25) is 9.84 Å². The van der Waals surface area contributed by atoms with Crippen LogP contribution < -0.4 is 0 Å². The van der Waals surface area contributed by atoms with Gasteiger partial charge in [-0.15, -0.1) is 12.6 Å². The van der Waals surface area contributed by atoms with E-state index < -0.39 is 9.84 Å². The van der Waals surface area contributed by atoms with Gasteiger partial charge in [0.15, 0.2) is 0 Å². The first-order valence-corrected chi connectivity index (χ1v) is 9.18. The fourth-order valence-electron chi connectivity index (χ4n) is 2.23. The van der Waals surface area contributed by atoms with Gasteiger partial charge in [0.1, 0.15) is 0 Å². The molecular formula is C18H13ClO2S2. The average molecular weight is 361 g/mol. The minimum atomic E-state index is -3.53. The predicted octanol–water partition coefficient (Wildman–Crippen LogP) is 5.13. The molecule has 0 N–H and O–H groups in total. The van der Waals surface area contributed by atoms with Crippen LogP contribution >= 0.6 is 24.2 Å². The summed E-state index contributed by atoms with van der Waals surface area (Å²) in [6, 6.07) is 20.7. The van der Waals surface area contributed by atoms with E-state index in [2.05, 4.69) is 12.6 Å². The first-order chi connectivity index (χ1) is 11.0. The standard InChI is InChI=1S/C18H13ClO2S2/c19-15-5-11-18(12-6-15)23(20,21)17-9-3-14(4-10-17)13-1-7-16(22)8-2-13/h1-12,22H. The molecular weight excluding hydrogens is 348 g/mol. The second-order valence-corrected chi connectivity index (χ2v) is 7.93. The molecule has 0 saturated carbocycles. The van der Waals surface area contributed by atoms with E-state index in [0.29, 0.717) is 5.02 Å². The Labute approximate surface area is 146 Å². The first-order valence-electron chi connectivity index (χ1n) is 6.87. The summed E-state index contributed by atoms with van der Waals surface area (Å²) in [5.74, 6) is 0. The lowest BCUT2D eigenvalue weighted by atomic mass is 10.1. The molecule has 3 rings (SSSR count). The Morgan fingerprint density at radius 1 is 0.652 bits per heavy atom. The maximum atomic E-state index is 12.6. The molecule has 0 aliphatic heterocycles. The fraction of sp³-hybridized carbons (Fsp3) is 0. The van der Waals surface area contributed by atoms with Crippen molar-refractivity contribution in [1.29, 1.82) is 0 Å². The molecule has 0 bridgehead atoms. The molecule has 0 fully saturated rings.